The number of likely N-dealkylation sites (tertiary alicyclic amines) is 1. The second-order valence-corrected chi connectivity index (χ2v) is 10.1. The van der Waals surface area contributed by atoms with Crippen molar-refractivity contribution in [1.29, 1.82) is 0 Å². The first-order chi connectivity index (χ1) is 13.9. The molecule has 0 saturated carbocycles. The van der Waals surface area contributed by atoms with Gasteiger partial charge in [-0.25, -0.2) is 4.98 Å². The number of rotatable bonds is 5. The van der Waals surface area contributed by atoms with Gasteiger partial charge >= 0.3 is 0 Å². The molecule has 5 nitrogen and oxygen atoms in total. The third kappa shape index (κ3) is 3.92. The molecule has 0 unspecified atom stereocenters. The number of fused-ring (bicyclic) bond motifs is 1. The van der Waals surface area contributed by atoms with Crippen LogP contribution in [-0.2, 0) is 6.42 Å². The molecule has 4 rings (SSSR count). The van der Waals surface area contributed by atoms with Gasteiger partial charge in [-0.1, -0.05) is 70.2 Å². The highest BCUT2D eigenvalue weighted by Crippen LogP contribution is 2.36. The van der Waals surface area contributed by atoms with E-state index in [1.807, 2.05) is 6.92 Å². The van der Waals surface area contributed by atoms with E-state index in [9.17, 15) is 5.11 Å². The molecule has 2 aromatic heterocycles. The summed E-state index contributed by atoms with van der Waals surface area (Å²) in [5.41, 5.74) is 2.61. The fourth-order valence-corrected chi connectivity index (χ4v) is 6.00. The SMILES string of the molecule is CCc1nc2sc([C@H](c3ccc(C(C)C)cc3)[NH+]3C[C@@H](C)C[C@H](C)C3)c(O)n2n1. The molecule has 0 radical (unpaired) electrons. The number of aromatic nitrogens is 3. The number of aryl methyl sites for hydroxylation is 1. The molecule has 1 fully saturated rings. The lowest BCUT2D eigenvalue weighted by molar-refractivity contribution is -0.936. The van der Waals surface area contributed by atoms with Gasteiger partial charge in [0.15, 0.2) is 11.9 Å². The zero-order valence-corrected chi connectivity index (χ0v) is 19.0. The number of thiazole rings is 1. The number of nitrogens with one attached hydrogen (secondary N) is 1. The number of benzene rings is 1. The molecule has 1 aliphatic heterocycles. The van der Waals surface area contributed by atoms with Crippen molar-refractivity contribution < 1.29 is 10.0 Å². The molecule has 6 heteroatoms. The van der Waals surface area contributed by atoms with Crippen LogP contribution in [-0.4, -0.2) is 32.8 Å². The number of hydrogen-bond donors (Lipinski definition) is 2. The van der Waals surface area contributed by atoms with Crippen LogP contribution in [0.15, 0.2) is 24.3 Å². The summed E-state index contributed by atoms with van der Waals surface area (Å²) in [6, 6.07) is 9.10. The molecule has 2 N–H and O–H groups in total. The summed E-state index contributed by atoms with van der Waals surface area (Å²) >= 11 is 1.59. The zero-order chi connectivity index (χ0) is 20.7. The fourth-order valence-electron chi connectivity index (χ4n) is 4.84. The second-order valence-electron chi connectivity index (χ2n) is 9.13. The summed E-state index contributed by atoms with van der Waals surface area (Å²) in [6.07, 6.45) is 2.05. The van der Waals surface area contributed by atoms with Gasteiger partial charge in [0.1, 0.15) is 4.88 Å². The normalized spacial score (nSPS) is 23.7. The molecule has 29 heavy (non-hydrogen) atoms. The van der Waals surface area contributed by atoms with Crippen molar-refractivity contribution in [3.05, 3.63) is 46.1 Å². The minimum atomic E-state index is 0.111. The predicted molar refractivity (Wildman–Crippen MR) is 118 cm³/mol. The number of piperidine rings is 1. The first-order valence-electron chi connectivity index (χ1n) is 10.9. The quantitative estimate of drug-likeness (QED) is 0.668. The van der Waals surface area contributed by atoms with Crippen molar-refractivity contribution in [2.75, 3.05) is 13.1 Å². The lowest BCUT2D eigenvalue weighted by atomic mass is 9.89. The van der Waals surface area contributed by atoms with Crippen molar-refractivity contribution in [3.8, 4) is 5.88 Å². The van der Waals surface area contributed by atoms with Crippen molar-refractivity contribution >= 4 is 16.3 Å². The molecule has 3 heterocycles. The van der Waals surface area contributed by atoms with Gasteiger partial charge in [-0.05, 0) is 17.9 Å². The summed E-state index contributed by atoms with van der Waals surface area (Å²) in [6.45, 7) is 13.4. The Morgan fingerprint density at radius 3 is 2.31 bits per heavy atom. The Labute approximate surface area is 177 Å². The van der Waals surface area contributed by atoms with E-state index < -0.39 is 0 Å². The van der Waals surface area contributed by atoms with Crippen LogP contribution in [0, 0.1) is 11.8 Å². The van der Waals surface area contributed by atoms with Gasteiger partial charge in [0, 0.05) is 23.8 Å². The number of nitrogens with zero attached hydrogens (tertiary/aromatic N) is 3. The lowest BCUT2D eigenvalue weighted by Gasteiger charge is -2.37. The first kappa shape index (κ1) is 20.4. The third-order valence-corrected chi connectivity index (χ3v) is 7.28. The van der Waals surface area contributed by atoms with Gasteiger partial charge in [-0.15, -0.1) is 5.10 Å². The van der Waals surface area contributed by atoms with E-state index in [4.69, 9.17) is 0 Å². The Hall–Kier alpha value is -1.92. The van der Waals surface area contributed by atoms with E-state index >= 15 is 0 Å². The maximum atomic E-state index is 11.1. The average Bonchev–Trinajstić information content (AvgIpc) is 3.21. The summed E-state index contributed by atoms with van der Waals surface area (Å²) in [5, 5.41) is 15.6. The average molecular weight is 414 g/mol. The molecular formula is C23H33N4OS+. The first-order valence-corrected chi connectivity index (χ1v) is 11.7. The molecule has 0 bridgehead atoms. The Balaban J connectivity index is 1.79. The second kappa shape index (κ2) is 8.07. The topological polar surface area (TPSA) is 54.9 Å². The van der Waals surface area contributed by atoms with Crippen molar-refractivity contribution in [2.45, 2.75) is 59.4 Å². The van der Waals surface area contributed by atoms with Gasteiger partial charge in [-0.2, -0.15) is 4.52 Å². The molecule has 156 valence electrons. The molecule has 0 aliphatic carbocycles. The maximum absolute atomic E-state index is 11.1. The van der Waals surface area contributed by atoms with Crippen molar-refractivity contribution in [2.24, 2.45) is 11.8 Å². The monoisotopic (exact) mass is 413 g/mol. The Morgan fingerprint density at radius 1 is 1.14 bits per heavy atom. The minimum absolute atomic E-state index is 0.111. The predicted octanol–water partition coefficient (Wildman–Crippen LogP) is 3.83. The van der Waals surface area contributed by atoms with Crippen molar-refractivity contribution in [1.82, 2.24) is 14.6 Å². The van der Waals surface area contributed by atoms with Gasteiger partial charge in [0.25, 0.3) is 0 Å². The molecule has 0 spiro atoms. The van der Waals surface area contributed by atoms with Crippen LogP contribution in [0.1, 0.15) is 74.8 Å². The highest BCUT2D eigenvalue weighted by Gasteiger charge is 2.37. The van der Waals surface area contributed by atoms with E-state index in [-0.39, 0.29) is 11.9 Å². The van der Waals surface area contributed by atoms with Crippen LogP contribution in [0.3, 0.4) is 0 Å². The van der Waals surface area contributed by atoms with Crippen molar-refractivity contribution in [3.63, 3.8) is 0 Å². The summed E-state index contributed by atoms with van der Waals surface area (Å²) in [4.78, 5) is 7.90. The van der Waals surface area contributed by atoms with Gasteiger partial charge in [0.2, 0.25) is 10.8 Å². The Bertz CT molecular complexity index is 965. The van der Waals surface area contributed by atoms with Gasteiger partial charge in [0.05, 0.1) is 13.1 Å². The van der Waals surface area contributed by atoms with Gasteiger partial charge < -0.3 is 10.0 Å². The number of hydrogen-bond acceptors (Lipinski definition) is 4. The van der Waals surface area contributed by atoms with Crippen LogP contribution < -0.4 is 4.90 Å². The highest BCUT2D eigenvalue weighted by atomic mass is 32.1. The lowest BCUT2D eigenvalue weighted by Crippen LogP contribution is -3.14. The smallest absolute Gasteiger partial charge is 0.235 e. The largest absolute Gasteiger partial charge is 0.492 e. The fraction of sp³-hybridized carbons (Fsp3) is 0.565. The summed E-state index contributed by atoms with van der Waals surface area (Å²) in [7, 11) is 0. The summed E-state index contributed by atoms with van der Waals surface area (Å²) in [5.74, 6) is 2.92. The molecule has 3 aromatic rings. The van der Waals surface area contributed by atoms with E-state index in [1.165, 1.54) is 22.4 Å². The summed E-state index contributed by atoms with van der Waals surface area (Å²) < 4.78 is 1.63. The molecule has 0 amide bonds. The van der Waals surface area contributed by atoms with E-state index in [0.717, 1.165) is 35.2 Å². The standard InChI is InChI=1S/C23H32N4OS/c1-6-19-24-23-27(25-19)22(28)21(29-23)20(26-12-15(4)11-16(5)13-26)18-9-7-17(8-10-18)14(2)3/h7-10,14-16,20,28H,6,11-13H2,1-5H3/p+1/t15-,16-,20-/m0/s1. The Kier molecular flexibility index (Phi) is 5.67. The van der Waals surface area contributed by atoms with E-state index in [1.54, 1.807) is 15.9 Å². The van der Waals surface area contributed by atoms with Crippen LogP contribution >= 0.6 is 11.3 Å². The molecule has 3 atom stereocenters. The number of quaternary nitrogens is 1. The van der Waals surface area contributed by atoms with Crippen LogP contribution in [0.5, 0.6) is 5.88 Å². The molecule has 1 aliphatic rings. The third-order valence-electron chi connectivity index (χ3n) is 6.19. The minimum Gasteiger partial charge on any atom is -0.492 e. The van der Waals surface area contributed by atoms with Crippen LogP contribution in [0.25, 0.3) is 4.96 Å². The molecular weight excluding hydrogens is 380 g/mol. The zero-order valence-electron chi connectivity index (χ0n) is 18.1. The highest BCUT2D eigenvalue weighted by molar-refractivity contribution is 7.17. The maximum Gasteiger partial charge on any atom is 0.235 e. The van der Waals surface area contributed by atoms with Crippen LogP contribution in [0.4, 0.5) is 0 Å². The van der Waals surface area contributed by atoms with E-state index in [0.29, 0.717) is 17.8 Å². The molecule has 1 aromatic carbocycles. The van der Waals surface area contributed by atoms with E-state index in [2.05, 4.69) is 62.0 Å². The van der Waals surface area contributed by atoms with Gasteiger partial charge in [-0.3, -0.25) is 0 Å². The molecule has 1 saturated heterocycles. The number of aromatic hydroxyl groups is 1. The van der Waals surface area contributed by atoms with Crippen LogP contribution in [0.2, 0.25) is 0 Å². The Morgan fingerprint density at radius 2 is 1.76 bits per heavy atom.